The Labute approximate surface area is 155 Å². The number of carbonyl (C=O) groups excluding carboxylic acids is 5. The van der Waals surface area contributed by atoms with Crippen molar-refractivity contribution in [1.82, 2.24) is 10.2 Å². The summed E-state index contributed by atoms with van der Waals surface area (Å²) in [6.07, 6.45) is 3.80. The van der Waals surface area contributed by atoms with Crippen LogP contribution in [0.3, 0.4) is 0 Å². The second-order valence-electron chi connectivity index (χ2n) is 7.15. The summed E-state index contributed by atoms with van der Waals surface area (Å²) in [6.45, 7) is 0. The molecule has 0 radical (unpaired) electrons. The van der Waals surface area contributed by atoms with Crippen molar-refractivity contribution in [2.24, 2.45) is 5.92 Å². The molecule has 1 saturated carbocycles. The Morgan fingerprint density at radius 3 is 2.48 bits per heavy atom. The highest BCUT2D eigenvalue weighted by atomic mass is 16.2. The van der Waals surface area contributed by atoms with Gasteiger partial charge in [-0.25, -0.2) is 0 Å². The van der Waals surface area contributed by atoms with Gasteiger partial charge in [0.05, 0.1) is 16.8 Å². The summed E-state index contributed by atoms with van der Waals surface area (Å²) in [4.78, 5) is 62.5. The molecule has 0 aromatic heterocycles. The molecule has 8 heteroatoms. The highest BCUT2D eigenvalue weighted by Crippen LogP contribution is 2.33. The molecule has 140 valence electrons. The van der Waals surface area contributed by atoms with Crippen LogP contribution in [0.4, 0.5) is 5.69 Å². The van der Waals surface area contributed by atoms with Crippen LogP contribution in [0.25, 0.3) is 0 Å². The summed E-state index contributed by atoms with van der Waals surface area (Å²) >= 11 is 0. The molecule has 0 bridgehead atoms. The van der Waals surface area contributed by atoms with Gasteiger partial charge in [-0.15, -0.1) is 0 Å². The zero-order chi connectivity index (χ0) is 19.1. The molecule has 2 heterocycles. The Morgan fingerprint density at radius 2 is 1.78 bits per heavy atom. The Morgan fingerprint density at radius 1 is 1.04 bits per heavy atom. The Hall–Kier alpha value is -3.03. The van der Waals surface area contributed by atoms with E-state index < -0.39 is 29.7 Å². The number of carbonyl (C=O) groups is 5. The van der Waals surface area contributed by atoms with Gasteiger partial charge in [-0.05, 0) is 31.4 Å². The van der Waals surface area contributed by atoms with Crippen LogP contribution in [0.15, 0.2) is 18.2 Å². The zero-order valence-electron chi connectivity index (χ0n) is 14.6. The van der Waals surface area contributed by atoms with Crippen LogP contribution in [-0.2, 0) is 14.4 Å². The van der Waals surface area contributed by atoms with Crippen LogP contribution in [0.2, 0.25) is 0 Å². The van der Waals surface area contributed by atoms with Crippen molar-refractivity contribution < 1.29 is 24.0 Å². The van der Waals surface area contributed by atoms with E-state index in [4.69, 9.17) is 0 Å². The van der Waals surface area contributed by atoms with Crippen molar-refractivity contribution >= 4 is 35.2 Å². The molecule has 1 atom stereocenters. The van der Waals surface area contributed by atoms with Gasteiger partial charge in [0, 0.05) is 12.3 Å². The minimum absolute atomic E-state index is 0.0646. The van der Waals surface area contributed by atoms with Crippen molar-refractivity contribution in [2.75, 3.05) is 5.32 Å². The summed E-state index contributed by atoms with van der Waals surface area (Å²) in [5, 5.41) is 4.95. The Kier molecular flexibility index (Phi) is 4.25. The molecule has 1 unspecified atom stereocenters. The largest absolute Gasteiger partial charge is 0.325 e. The van der Waals surface area contributed by atoms with Crippen LogP contribution in [0, 0.1) is 5.92 Å². The maximum Gasteiger partial charge on any atom is 0.264 e. The SMILES string of the molecule is O=C1CCC(N2C(=O)c3cccc(NC(=O)C4CCCC4)c3C2=O)C(=O)N1. The number of anilines is 1. The van der Waals surface area contributed by atoms with E-state index in [1.54, 1.807) is 12.1 Å². The lowest BCUT2D eigenvalue weighted by molar-refractivity contribution is -0.136. The summed E-state index contributed by atoms with van der Waals surface area (Å²) in [7, 11) is 0. The van der Waals surface area contributed by atoms with Gasteiger partial charge in [0.25, 0.3) is 11.8 Å². The van der Waals surface area contributed by atoms with Crippen LogP contribution in [-0.4, -0.2) is 40.5 Å². The monoisotopic (exact) mass is 369 g/mol. The number of amides is 5. The molecule has 2 fully saturated rings. The van der Waals surface area contributed by atoms with Crippen molar-refractivity contribution in [3.8, 4) is 0 Å². The normalized spacial score (nSPS) is 22.8. The summed E-state index contributed by atoms with van der Waals surface area (Å²) in [6, 6.07) is 3.67. The number of benzene rings is 1. The number of rotatable bonds is 3. The smallest absolute Gasteiger partial charge is 0.264 e. The second-order valence-corrected chi connectivity index (χ2v) is 7.15. The molecule has 1 aromatic carbocycles. The van der Waals surface area contributed by atoms with Gasteiger partial charge in [-0.3, -0.25) is 34.2 Å². The summed E-state index contributed by atoms with van der Waals surface area (Å²) in [5.74, 6) is -2.51. The molecule has 1 aromatic rings. The number of nitrogens with zero attached hydrogens (tertiary/aromatic N) is 1. The topological polar surface area (TPSA) is 113 Å². The molecular formula is C19H19N3O5. The molecule has 5 amide bonds. The molecule has 2 aliphatic heterocycles. The molecule has 4 rings (SSSR count). The first-order chi connectivity index (χ1) is 13.0. The Bertz CT molecular complexity index is 872. The fourth-order valence-electron chi connectivity index (χ4n) is 4.04. The fraction of sp³-hybridized carbons (Fsp3) is 0.421. The quantitative estimate of drug-likeness (QED) is 0.778. The van der Waals surface area contributed by atoms with Crippen LogP contribution in [0.1, 0.15) is 59.2 Å². The molecule has 3 aliphatic rings. The van der Waals surface area contributed by atoms with Crippen LogP contribution < -0.4 is 10.6 Å². The van der Waals surface area contributed by atoms with Crippen molar-refractivity contribution in [3.05, 3.63) is 29.3 Å². The maximum absolute atomic E-state index is 12.9. The number of fused-ring (bicyclic) bond motifs is 1. The predicted octanol–water partition coefficient (Wildman–Crippen LogP) is 1.22. The third kappa shape index (κ3) is 2.90. The molecule has 0 spiro atoms. The molecular weight excluding hydrogens is 350 g/mol. The van der Waals surface area contributed by atoms with E-state index in [9.17, 15) is 24.0 Å². The standard InChI is InChI=1S/C19H19N3O5/c23-14-9-8-13(17(25)21-14)22-18(26)11-6-3-7-12(15(11)19(22)27)20-16(24)10-4-1-2-5-10/h3,6-7,10,13H,1-2,4-5,8-9H2,(H,20,24)(H,21,23,25). The van der Waals surface area contributed by atoms with E-state index in [1.807, 2.05) is 0 Å². The highest BCUT2D eigenvalue weighted by molar-refractivity contribution is 6.26. The average molecular weight is 369 g/mol. The van der Waals surface area contributed by atoms with Crippen LogP contribution in [0.5, 0.6) is 0 Å². The minimum Gasteiger partial charge on any atom is -0.325 e. The van der Waals surface area contributed by atoms with E-state index in [0.29, 0.717) is 0 Å². The zero-order valence-corrected chi connectivity index (χ0v) is 14.6. The lowest BCUT2D eigenvalue weighted by Crippen LogP contribution is -2.54. The predicted molar refractivity (Wildman–Crippen MR) is 93.7 cm³/mol. The van der Waals surface area contributed by atoms with Gasteiger partial charge < -0.3 is 5.32 Å². The first-order valence-corrected chi connectivity index (χ1v) is 9.13. The van der Waals surface area contributed by atoms with Gasteiger partial charge in [-0.1, -0.05) is 18.9 Å². The maximum atomic E-state index is 12.9. The Balaban J connectivity index is 1.62. The number of piperidine rings is 1. The molecule has 2 N–H and O–H groups in total. The molecule has 27 heavy (non-hydrogen) atoms. The van der Waals surface area contributed by atoms with E-state index in [2.05, 4.69) is 10.6 Å². The van der Waals surface area contributed by atoms with E-state index in [0.717, 1.165) is 30.6 Å². The van der Waals surface area contributed by atoms with Gasteiger partial charge in [-0.2, -0.15) is 0 Å². The lowest BCUT2D eigenvalue weighted by Gasteiger charge is -2.27. The fourth-order valence-corrected chi connectivity index (χ4v) is 4.04. The van der Waals surface area contributed by atoms with Crippen molar-refractivity contribution in [3.63, 3.8) is 0 Å². The second kappa shape index (κ2) is 6.61. The minimum atomic E-state index is -1.02. The highest BCUT2D eigenvalue weighted by Gasteiger charge is 2.45. The number of hydrogen-bond acceptors (Lipinski definition) is 5. The van der Waals surface area contributed by atoms with E-state index in [-0.39, 0.29) is 41.5 Å². The van der Waals surface area contributed by atoms with Gasteiger partial charge in [0.1, 0.15) is 6.04 Å². The third-order valence-corrected chi connectivity index (χ3v) is 5.45. The van der Waals surface area contributed by atoms with Gasteiger partial charge in [0.2, 0.25) is 17.7 Å². The third-order valence-electron chi connectivity index (χ3n) is 5.45. The number of hydrogen-bond donors (Lipinski definition) is 2. The van der Waals surface area contributed by atoms with Crippen molar-refractivity contribution in [1.29, 1.82) is 0 Å². The molecule has 8 nitrogen and oxygen atoms in total. The van der Waals surface area contributed by atoms with E-state index in [1.165, 1.54) is 6.07 Å². The number of imide groups is 2. The molecule has 1 aliphatic carbocycles. The number of nitrogens with one attached hydrogen (secondary N) is 2. The van der Waals surface area contributed by atoms with Crippen molar-refractivity contribution in [2.45, 2.75) is 44.6 Å². The first-order valence-electron chi connectivity index (χ1n) is 9.13. The first kappa shape index (κ1) is 17.4. The molecule has 1 saturated heterocycles. The average Bonchev–Trinajstić information content (AvgIpc) is 3.25. The van der Waals surface area contributed by atoms with E-state index >= 15 is 0 Å². The summed E-state index contributed by atoms with van der Waals surface area (Å²) < 4.78 is 0. The van der Waals surface area contributed by atoms with Gasteiger partial charge in [0.15, 0.2) is 0 Å². The lowest BCUT2D eigenvalue weighted by atomic mass is 10.0. The van der Waals surface area contributed by atoms with Crippen LogP contribution >= 0.6 is 0 Å². The van der Waals surface area contributed by atoms with Gasteiger partial charge >= 0.3 is 0 Å². The summed E-state index contributed by atoms with van der Waals surface area (Å²) in [5.41, 5.74) is 0.560.